The van der Waals surface area contributed by atoms with E-state index in [1.807, 2.05) is 13.8 Å². The van der Waals surface area contributed by atoms with Gasteiger partial charge < -0.3 is 10.1 Å². The summed E-state index contributed by atoms with van der Waals surface area (Å²) in [5.41, 5.74) is 0. The molecule has 4 atom stereocenters. The summed E-state index contributed by atoms with van der Waals surface area (Å²) in [6.07, 6.45) is 4.13. The highest BCUT2D eigenvalue weighted by Gasteiger charge is 2.43. The van der Waals surface area contributed by atoms with Crippen molar-refractivity contribution in [3.63, 3.8) is 0 Å². The first-order chi connectivity index (χ1) is 9.98. The molecule has 0 amide bonds. The molecule has 3 aliphatic rings. The number of nitrogens with one attached hydrogen (secondary N) is 1. The largest absolute Gasteiger partial charge is 0.373 e. The summed E-state index contributed by atoms with van der Waals surface area (Å²) in [5.74, 6) is 0. The maximum atomic E-state index is 13.0. The predicted octanol–water partition coefficient (Wildman–Crippen LogP) is 0.557. The number of hydrogen-bond donors (Lipinski definition) is 1. The van der Waals surface area contributed by atoms with Crippen molar-refractivity contribution in [2.75, 3.05) is 26.2 Å². The van der Waals surface area contributed by atoms with Gasteiger partial charge in [0.15, 0.2) is 0 Å². The van der Waals surface area contributed by atoms with Gasteiger partial charge >= 0.3 is 0 Å². The van der Waals surface area contributed by atoms with Crippen molar-refractivity contribution in [3.05, 3.63) is 0 Å². The van der Waals surface area contributed by atoms with Crippen LogP contribution in [0.3, 0.4) is 0 Å². The van der Waals surface area contributed by atoms with Gasteiger partial charge in [0.2, 0.25) is 0 Å². The predicted molar refractivity (Wildman–Crippen MR) is 81.3 cm³/mol. The molecule has 3 fully saturated rings. The third kappa shape index (κ3) is 3.12. The Labute approximate surface area is 128 Å². The summed E-state index contributed by atoms with van der Waals surface area (Å²) in [4.78, 5) is 0. The molecule has 122 valence electrons. The van der Waals surface area contributed by atoms with Gasteiger partial charge in [0.05, 0.1) is 12.2 Å². The maximum Gasteiger partial charge on any atom is 0.282 e. The molecule has 0 aromatic carbocycles. The highest BCUT2D eigenvalue weighted by Crippen LogP contribution is 2.29. The van der Waals surface area contributed by atoms with Crippen LogP contribution in [0.15, 0.2) is 0 Å². The molecular weight excluding hydrogens is 290 g/mol. The molecule has 4 unspecified atom stereocenters. The van der Waals surface area contributed by atoms with E-state index < -0.39 is 10.2 Å². The molecule has 0 radical (unpaired) electrons. The third-order valence-corrected chi connectivity index (χ3v) is 6.82. The number of ether oxygens (including phenoxy) is 1. The molecule has 0 aromatic heterocycles. The van der Waals surface area contributed by atoms with Crippen LogP contribution < -0.4 is 5.32 Å². The molecule has 0 aliphatic carbocycles. The van der Waals surface area contributed by atoms with E-state index in [2.05, 4.69) is 5.32 Å². The van der Waals surface area contributed by atoms with Crippen molar-refractivity contribution in [2.45, 2.75) is 63.8 Å². The molecule has 0 saturated carbocycles. The smallest absolute Gasteiger partial charge is 0.282 e. The Morgan fingerprint density at radius 3 is 2.43 bits per heavy atom. The summed E-state index contributed by atoms with van der Waals surface area (Å²) in [5, 5.41) is 3.47. The number of morpholine rings is 1. The average molecular weight is 317 g/mol. The number of nitrogens with zero attached hydrogens (tertiary/aromatic N) is 2. The lowest BCUT2D eigenvalue weighted by Gasteiger charge is -2.38. The molecule has 7 heteroatoms. The van der Waals surface area contributed by atoms with Crippen molar-refractivity contribution < 1.29 is 13.2 Å². The Morgan fingerprint density at radius 2 is 1.81 bits per heavy atom. The highest BCUT2D eigenvalue weighted by atomic mass is 32.2. The minimum Gasteiger partial charge on any atom is -0.373 e. The van der Waals surface area contributed by atoms with Gasteiger partial charge in [-0.3, -0.25) is 0 Å². The fourth-order valence-electron chi connectivity index (χ4n) is 3.96. The van der Waals surface area contributed by atoms with Crippen LogP contribution in [-0.2, 0) is 14.9 Å². The van der Waals surface area contributed by atoms with Gasteiger partial charge in [0.1, 0.15) is 0 Å². The van der Waals surface area contributed by atoms with Crippen LogP contribution in [0.4, 0.5) is 0 Å². The van der Waals surface area contributed by atoms with E-state index >= 15 is 0 Å². The molecule has 0 aromatic rings. The van der Waals surface area contributed by atoms with E-state index in [0.717, 1.165) is 32.2 Å². The summed E-state index contributed by atoms with van der Waals surface area (Å²) in [6, 6.07) is 0.462. The summed E-state index contributed by atoms with van der Waals surface area (Å²) in [6.45, 7) is 6.49. The van der Waals surface area contributed by atoms with Crippen molar-refractivity contribution in [3.8, 4) is 0 Å². The lowest BCUT2D eigenvalue weighted by molar-refractivity contribution is -0.0456. The minimum atomic E-state index is -3.37. The second-order valence-corrected chi connectivity index (χ2v) is 8.49. The van der Waals surface area contributed by atoms with Gasteiger partial charge in [-0.25, -0.2) is 0 Å². The Morgan fingerprint density at radius 1 is 1.10 bits per heavy atom. The fourth-order valence-corrected chi connectivity index (χ4v) is 6.01. The average Bonchev–Trinajstić information content (AvgIpc) is 3.08. The van der Waals surface area contributed by atoms with E-state index in [9.17, 15) is 8.42 Å². The summed E-state index contributed by atoms with van der Waals surface area (Å²) < 4.78 is 35.1. The zero-order valence-corrected chi connectivity index (χ0v) is 13.8. The molecule has 3 heterocycles. The van der Waals surface area contributed by atoms with Gasteiger partial charge in [0, 0.05) is 31.7 Å². The monoisotopic (exact) mass is 317 g/mol. The molecule has 0 bridgehead atoms. The van der Waals surface area contributed by atoms with Crippen molar-refractivity contribution in [1.29, 1.82) is 0 Å². The quantitative estimate of drug-likeness (QED) is 0.826. The van der Waals surface area contributed by atoms with Crippen LogP contribution in [0, 0.1) is 0 Å². The maximum absolute atomic E-state index is 13.0. The first-order valence-corrected chi connectivity index (χ1v) is 9.54. The van der Waals surface area contributed by atoms with Crippen molar-refractivity contribution in [1.82, 2.24) is 13.9 Å². The van der Waals surface area contributed by atoms with Crippen molar-refractivity contribution >= 4 is 10.2 Å². The third-order valence-electron chi connectivity index (χ3n) is 4.82. The van der Waals surface area contributed by atoms with E-state index in [4.69, 9.17) is 4.74 Å². The first kappa shape index (κ1) is 15.7. The lowest BCUT2D eigenvalue weighted by atomic mass is 10.1. The highest BCUT2D eigenvalue weighted by molar-refractivity contribution is 7.86. The van der Waals surface area contributed by atoms with E-state index in [1.165, 1.54) is 0 Å². The van der Waals surface area contributed by atoms with E-state index in [0.29, 0.717) is 25.7 Å². The molecule has 0 spiro atoms. The van der Waals surface area contributed by atoms with Crippen LogP contribution in [0.1, 0.15) is 39.5 Å². The normalized spacial score (nSPS) is 39.9. The SMILES string of the molecule is CC1CN(S(=O)(=O)N2CCCC2C2CCCN2)CC(C)O1. The number of hydrogen-bond acceptors (Lipinski definition) is 4. The Kier molecular flexibility index (Phi) is 4.57. The van der Waals surface area contributed by atoms with Gasteiger partial charge in [-0.15, -0.1) is 0 Å². The molecule has 3 rings (SSSR count). The van der Waals surface area contributed by atoms with Crippen LogP contribution in [0.25, 0.3) is 0 Å². The fraction of sp³-hybridized carbons (Fsp3) is 1.00. The van der Waals surface area contributed by atoms with Gasteiger partial charge in [0.25, 0.3) is 10.2 Å². The Balaban J connectivity index is 1.76. The molecule has 3 aliphatic heterocycles. The molecular formula is C14H27N3O3S. The summed E-state index contributed by atoms with van der Waals surface area (Å²) in [7, 11) is -3.37. The van der Waals surface area contributed by atoms with Gasteiger partial charge in [-0.1, -0.05) is 0 Å². The van der Waals surface area contributed by atoms with Crippen LogP contribution in [-0.4, -0.2) is 67.5 Å². The molecule has 21 heavy (non-hydrogen) atoms. The summed E-state index contributed by atoms with van der Waals surface area (Å²) >= 11 is 0. The number of rotatable bonds is 3. The van der Waals surface area contributed by atoms with Gasteiger partial charge in [-0.05, 0) is 46.1 Å². The van der Waals surface area contributed by atoms with Crippen LogP contribution >= 0.6 is 0 Å². The zero-order valence-electron chi connectivity index (χ0n) is 13.0. The topological polar surface area (TPSA) is 61.9 Å². The van der Waals surface area contributed by atoms with E-state index in [-0.39, 0.29) is 18.2 Å². The second kappa shape index (κ2) is 6.12. The van der Waals surface area contributed by atoms with Crippen LogP contribution in [0.2, 0.25) is 0 Å². The minimum absolute atomic E-state index is 0.0332. The first-order valence-electron chi connectivity index (χ1n) is 8.14. The second-order valence-electron chi connectivity index (χ2n) is 6.61. The standard InChI is InChI=1S/C14H27N3O3S/c1-11-9-16(10-12(2)20-11)21(18,19)17-8-4-6-14(17)13-5-3-7-15-13/h11-15H,3-10H2,1-2H3. The van der Waals surface area contributed by atoms with Crippen LogP contribution in [0.5, 0.6) is 0 Å². The lowest BCUT2D eigenvalue weighted by Crippen LogP contribution is -2.56. The van der Waals surface area contributed by atoms with Crippen molar-refractivity contribution in [2.24, 2.45) is 0 Å². The molecule has 1 N–H and O–H groups in total. The Bertz CT molecular complexity index is 454. The molecule has 6 nitrogen and oxygen atoms in total. The zero-order chi connectivity index (χ0) is 15.0. The Hall–Kier alpha value is -0.210. The van der Waals surface area contributed by atoms with E-state index in [1.54, 1.807) is 8.61 Å². The molecule has 3 saturated heterocycles. The van der Waals surface area contributed by atoms with Gasteiger partial charge in [-0.2, -0.15) is 17.0 Å².